The lowest BCUT2D eigenvalue weighted by molar-refractivity contribution is -0.0538. The van der Waals surface area contributed by atoms with Crippen molar-refractivity contribution < 1.29 is 50.9 Å². The van der Waals surface area contributed by atoms with E-state index in [0.29, 0.717) is 5.65 Å². The van der Waals surface area contributed by atoms with Gasteiger partial charge in [0, 0.05) is 6.42 Å². The standard InChI is InChI=1S/C20H24FN9O11P2/c21-12-10-3-37-42(32,33)40-8-1-11(29-6-27-13-16(22)23-4-24-17(13)29)38-9(8)2-36-43(34,35)41-15(12)20(39-10)30-7-28-14-18(30)25-5-26-19(14)31/h4-6,8-12,15,20,28H,1-3,7H2,(H,32,33)(H,34,35)(H2,22,23,24)(H,25,26,31)/t8-,9+,10+,11+,12-,15+,20+/m0/s1. The highest BCUT2D eigenvalue weighted by atomic mass is 31.2. The first-order chi connectivity index (χ1) is 20.5. The van der Waals surface area contributed by atoms with Crippen molar-refractivity contribution in [3.63, 3.8) is 0 Å². The first kappa shape index (κ1) is 28.7. The van der Waals surface area contributed by atoms with Crippen LogP contribution in [0.4, 0.5) is 21.7 Å². The average molecular weight is 647 g/mol. The van der Waals surface area contributed by atoms with E-state index in [0.717, 1.165) is 6.33 Å². The van der Waals surface area contributed by atoms with E-state index in [1.807, 2.05) is 0 Å². The minimum Gasteiger partial charge on any atom is -0.382 e. The maximum Gasteiger partial charge on any atom is 0.472 e. The summed E-state index contributed by atoms with van der Waals surface area (Å²) in [7, 11) is -9.92. The highest BCUT2D eigenvalue weighted by Crippen LogP contribution is 2.53. The number of rotatable bonds is 2. The Kier molecular flexibility index (Phi) is 7.01. The van der Waals surface area contributed by atoms with Crippen molar-refractivity contribution >= 4 is 44.1 Å². The quantitative estimate of drug-likeness (QED) is 0.225. The van der Waals surface area contributed by atoms with Crippen LogP contribution in [0, 0.1) is 0 Å². The Morgan fingerprint density at radius 2 is 1.79 bits per heavy atom. The van der Waals surface area contributed by atoms with E-state index < -0.39 is 77.5 Å². The van der Waals surface area contributed by atoms with Crippen LogP contribution in [-0.2, 0) is 36.7 Å². The van der Waals surface area contributed by atoms with Crippen molar-refractivity contribution in [3.05, 3.63) is 29.3 Å². The van der Waals surface area contributed by atoms with Crippen molar-refractivity contribution in [1.29, 1.82) is 0 Å². The Labute approximate surface area is 239 Å². The second kappa shape index (κ2) is 10.5. The van der Waals surface area contributed by atoms with Gasteiger partial charge in [-0.25, -0.2) is 33.5 Å². The molecule has 232 valence electrons. The molecule has 0 spiro atoms. The third-order valence-electron chi connectivity index (χ3n) is 7.31. The van der Waals surface area contributed by atoms with Gasteiger partial charge < -0.3 is 40.2 Å². The van der Waals surface area contributed by atoms with Gasteiger partial charge in [-0.05, 0) is 0 Å². The molecule has 0 saturated carbocycles. The number of anilines is 3. The van der Waals surface area contributed by atoms with Gasteiger partial charge in [-0.2, -0.15) is 0 Å². The lowest BCUT2D eigenvalue weighted by atomic mass is 10.1. The number of phosphoric acid groups is 2. The van der Waals surface area contributed by atoms with E-state index in [1.165, 1.54) is 22.1 Å². The predicted molar refractivity (Wildman–Crippen MR) is 139 cm³/mol. The van der Waals surface area contributed by atoms with Crippen molar-refractivity contribution in [1.82, 2.24) is 29.5 Å². The molecule has 6 N–H and O–H groups in total. The third kappa shape index (κ3) is 5.20. The molecular formula is C20H24FN9O11P2. The van der Waals surface area contributed by atoms with Crippen LogP contribution in [0.3, 0.4) is 0 Å². The molecule has 9 atom stereocenters. The largest absolute Gasteiger partial charge is 0.472 e. The number of phosphoric ester groups is 2. The minimum absolute atomic E-state index is 0.0600. The molecule has 0 amide bonds. The van der Waals surface area contributed by atoms with Crippen molar-refractivity contribution in [2.24, 2.45) is 0 Å². The van der Waals surface area contributed by atoms with Gasteiger partial charge in [0.25, 0.3) is 5.56 Å². The zero-order valence-corrected chi connectivity index (χ0v) is 23.5. The smallest absolute Gasteiger partial charge is 0.382 e. The first-order valence-electron chi connectivity index (χ1n) is 12.8. The maximum absolute atomic E-state index is 15.7. The molecule has 3 aromatic rings. The van der Waals surface area contributed by atoms with Gasteiger partial charge in [0.1, 0.15) is 48.2 Å². The van der Waals surface area contributed by atoms with Gasteiger partial charge in [0.15, 0.2) is 29.7 Å². The second-order valence-electron chi connectivity index (χ2n) is 9.93. The molecule has 23 heteroatoms. The van der Waals surface area contributed by atoms with E-state index in [4.69, 9.17) is 33.3 Å². The molecule has 0 aliphatic carbocycles. The summed E-state index contributed by atoms with van der Waals surface area (Å²) in [5.74, 6) is 0.182. The fourth-order valence-corrected chi connectivity index (χ4v) is 7.23. The zero-order chi connectivity index (χ0) is 30.1. The summed E-state index contributed by atoms with van der Waals surface area (Å²) < 4.78 is 75.8. The van der Waals surface area contributed by atoms with Gasteiger partial charge in [-0.15, -0.1) is 0 Å². The maximum atomic E-state index is 15.7. The molecule has 7 rings (SSSR count). The molecule has 0 radical (unpaired) electrons. The number of hydrogen-bond acceptors (Lipinski definition) is 16. The third-order valence-corrected chi connectivity index (χ3v) is 9.31. The number of hydrogen-bond donors (Lipinski definition) is 5. The molecule has 7 heterocycles. The Bertz CT molecular complexity index is 1710. The fraction of sp³-hybridized carbons (Fsp3) is 0.550. The molecule has 0 aromatic carbocycles. The van der Waals surface area contributed by atoms with Gasteiger partial charge in [0.2, 0.25) is 0 Å². The number of halogens is 1. The zero-order valence-electron chi connectivity index (χ0n) is 21.7. The summed E-state index contributed by atoms with van der Waals surface area (Å²) >= 11 is 0. The van der Waals surface area contributed by atoms with Crippen LogP contribution in [-0.4, -0.2) is 96.0 Å². The first-order valence-corrected chi connectivity index (χ1v) is 15.8. The molecule has 2 unspecified atom stereocenters. The van der Waals surface area contributed by atoms with Gasteiger partial charge in [0.05, 0.1) is 32.5 Å². The second-order valence-corrected chi connectivity index (χ2v) is 12.7. The predicted octanol–water partition coefficient (Wildman–Crippen LogP) is -0.250. The summed E-state index contributed by atoms with van der Waals surface area (Å²) in [6.45, 7) is -1.58. The monoisotopic (exact) mass is 647 g/mol. The number of nitrogens with zero attached hydrogens (tertiary/aromatic N) is 6. The summed E-state index contributed by atoms with van der Waals surface area (Å²) in [5.41, 5.74) is 5.99. The lowest BCUT2D eigenvalue weighted by Crippen LogP contribution is -2.45. The van der Waals surface area contributed by atoms with E-state index in [2.05, 4.69) is 30.2 Å². The molecule has 4 aliphatic rings. The van der Waals surface area contributed by atoms with E-state index in [1.54, 1.807) is 0 Å². The highest BCUT2D eigenvalue weighted by molar-refractivity contribution is 7.47. The van der Waals surface area contributed by atoms with Gasteiger partial charge in [-0.1, -0.05) is 0 Å². The van der Waals surface area contributed by atoms with Crippen LogP contribution in [0.15, 0.2) is 23.8 Å². The van der Waals surface area contributed by atoms with Crippen LogP contribution in [0.2, 0.25) is 0 Å². The fourth-order valence-electron chi connectivity index (χ4n) is 5.34. The van der Waals surface area contributed by atoms with Crippen LogP contribution < -0.4 is 21.5 Å². The SMILES string of the molecule is Nc1ncnc2c1ncn2[C@H]1C[C@@H]2OP(=O)(O)OC[C@H]3O[C@@H](N4CNc5c4nc[nH]c5=O)[C@H](OP(=O)(O)OC[C@H]2O1)[C@H]3F. The molecule has 4 aliphatic heterocycles. The number of nitrogen functional groups attached to an aromatic ring is 1. The van der Waals surface area contributed by atoms with E-state index in [-0.39, 0.29) is 35.9 Å². The Morgan fingerprint density at radius 3 is 2.60 bits per heavy atom. The number of H-pyrrole nitrogens is 1. The Morgan fingerprint density at radius 1 is 1.02 bits per heavy atom. The molecule has 43 heavy (non-hydrogen) atoms. The van der Waals surface area contributed by atoms with Crippen LogP contribution in [0.25, 0.3) is 11.2 Å². The van der Waals surface area contributed by atoms with Crippen LogP contribution >= 0.6 is 15.6 Å². The number of nitrogens with two attached hydrogens (primary N) is 1. The van der Waals surface area contributed by atoms with Gasteiger partial charge in [-0.3, -0.25) is 27.5 Å². The highest BCUT2D eigenvalue weighted by Gasteiger charge is 2.54. The number of ether oxygens (including phenoxy) is 2. The van der Waals surface area contributed by atoms with Crippen LogP contribution in [0.1, 0.15) is 12.6 Å². The van der Waals surface area contributed by atoms with E-state index in [9.17, 15) is 23.7 Å². The minimum atomic E-state index is -5.03. The van der Waals surface area contributed by atoms with Crippen molar-refractivity contribution in [3.8, 4) is 0 Å². The molecule has 3 saturated heterocycles. The van der Waals surface area contributed by atoms with Crippen molar-refractivity contribution in [2.75, 3.05) is 35.8 Å². The number of aromatic amines is 1. The Balaban J connectivity index is 1.16. The van der Waals surface area contributed by atoms with E-state index >= 15 is 4.39 Å². The van der Waals surface area contributed by atoms with Crippen LogP contribution in [0.5, 0.6) is 0 Å². The molecule has 3 aromatic heterocycles. The summed E-state index contributed by atoms with van der Waals surface area (Å²) in [6.07, 6.45) is -6.58. The molecule has 3 fully saturated rings. The lowest BCUT2D eigenvalue weighted by Gasteiger charge is -2.30. The molecule has 2 bridgehead atoms. The molecular weight excluding hydrogens is 623 g/mol. The summed E-state index contributed by atoms with van der Waals surface area (Å²) in [4.78, 5) is 53.3. The average Bonchev–Trinajstić information content (AvgIpc) is 3.72. The Hall–Kier alpha value is -3.10. The van der Waals surface area contributed by atoms with Crippen molar-refractivity contribution in [2.45, 2.75) is 49.5 Å². The number of aromatic nitrogens is 6. The normalized spacial score (nSPS) is 38.1. The summed E-state index contributed by atoms with van der Waals surface area (Å²) in [6, 6.07) is 0. The van der Waals surface area contributed by atoms with Gasteiger partial charge >= 0.3 is 15.6 Å². The number of nitrogens with one attached hydrogen (secondary N) is 2. The topological polar surface area (TPSA) is 261 Å². The number of fused-ring (bicyclic) bond motifs is 5. The number of alkyl halides is 1. The molecule has 20 nitrogen and oxygen atoms in total. The number of imidazole rings is 1. The summed E-state index contributed by atoms with van der Waals surface area (Å²) in [5, 5.41) is 2.79.